The van der Waals surface area contributed by atoms with Crippen molar-refractivity contribution < 1.29 is 14.6 Å². The summed E-state index contributed by atoms with van der Waals surface area (Å²) in [5.41, 5.74) is 2.27. The molecule has 1 aliphatic rings. The van der Waals surface area contributed by atoms with Gasteiger partial charge >= 0.3 is 0 Å². The van der Waals surface area contributed by atoms with Crippen molar-refractivity contribution in [2.45, 2.75) is 39.4 Å². The van der Waals surface area contributed by atoms with Crippen LogP contribution in [0.1, 0.15) is 25.0 Å². The Morgan fingerprint density at radius 3 is 2.38 bits per heavy atom. The average Bonchev–Trinajstić information content (AvgIpc) is 2.55. The van der Waals surface area contributed by atoms with Crippen molar-refractivity contribution in [2.24, 2.45) is 0 Å². The lowest BCUT2D eigenvalue weighted by Gasteiger charge is -2.35. The third-order valence-corrected chi connectivity index (χ3v) is 4.29. The van der Waals surface area contributed by atoms with Crippen molar-refractivity contribution in [3.05, 3.63) is 35.4 Å². The van der Waals surface area contributed by atoms with E-state index < -0.39 is 6.10 Å². The molecule has 0 spiro atoms. The third-order valence-electron chi connectivity index (χ3n) is 4.29. The number of carbonyl (C=O) groups excluding carboxylic acids is 1. The second-order valence-electron chi connectivity index (χ2n) is 6.88. The zero-order valence-corrected chi connectivity index (χ0v) is 15.1. The average molecular weight is 334 g/mol. The molecule has 134 valence electrons. The van der Waals surface area contributed by atoms with Gasteiger partial charge in [0.25, 0.3) is 0 Å². The number of rotatable bonds is 7. The molecule has 5 heteroatoms. The maximum Gasteiger partial charge on any atom is 0.227 e. The number of ether oxygens (including phenoxy) is 1. The molecule has 1 aromatic carbocycles. The maximum absolute atomic E-state index is 12.4. The van der Waals surface area contributed by atoms with E-state index in [2.05, 4.69) is 4.90 Å². The van der Waals surface area contributed by atoms with Gasteiger partial charge in [0.2, 0.25) is 5.91 Å². The highest BCUT2D eigenvalue weighted by Gasteiger charge is 2.22. The number of benzene rings is 1. The first-order valence-electron chi connectivity index (χ1n) is 8.79. The molecule has 0 saturated carbocycles. The van der Waals surface area contributed by atoms with Crippen LogP contribution in [-0.4, -0.2) is 72.4 Å². The first-order valence-corrected chi connectivity index (χ1v) is 8.79. The maximum atomic E-state index is 12.4. The summed E-state index contributed by atoms with van der Waals surface area (Å²) in [4.78, 5) is 16.5. The fraction of sp³-hybridized carbons (Fsp3) is 0.632. The predicted molar refractivity (Wildman–Crippen MR) is 95.0 cm³/mol. The molecular weight excluding hydrogens is 304 g/mol. The number of piperazine rings is 1. The van der Waals surface area contributed by atoms with Gasteiger partial charge in [0, 0.05) is 32.7 Å². The van der Waals surface area contributed by atoms with Crippen molar-refractivity contribution in [1.29, 1.82) is 0 Å². The topological polar surface area (TPSA) is 53.0 Å². The van der Waals surface area contributed by atoms with Crippen LogP contribution in [0.2, 0.25) is 0 Å². The molecular formula is C19H30N2O3. The summed E-state index contributed by atoms with van der Waals surface area (Å²) < 4.78 is 5.44. The molecule has 0 radical (unpaired) electrons. The highest BCUT2D eigenvalue weighted by atomic mass is 16.5. The van der Waals surface area contributed by atoms with Crippen molar-refractivity contribution in [3.8, 4) is 0 Å². The monoisotopic (exact) mass is 334 g/mol. The van der Waals surface area contributed by atoms with Crippen molar-refractivity contribution >= 4 is 5.91 Å². The smallest absolute Gasteiger partial charge is 0.227 e. The minimum atomic E-state index is -0.470. The summed E-state index contributed by atoms with van der Waals surface area (Å²) in [5.74, 6) is 0.183. The molecule has 0 aromatic heterocycles. The van der Waals surface area contributed by atoms with E-state index in [0.29, 0.717) is 19.6 Å². The Balaban J connectivity index is 1.71. The predicted octanol–water partition coefficient (Wildman–Crippen LogP) is 1.47. The van der Waals surface area contributed by atoms with Gasteiger partial charge in [-0.25, -0.2) is 0 Å². The van der Waals surface area contributed by atoms with Gasteiger partial charge in [-0.3, -0.25) is 9.69 Å². The Bertz CT molecular complexity index is 508. The summed E-state index contributed by atoms with van der Waals surface area (Å²) in [7, 11) is 0. The number of β-amino-alcohol motifs (C(OH)–C–C–N with tert-alkyl or cyclic N) is 1. The van der Waals surface area contributed by atoms with Crippen LogP contribution in [0.15, 0.2) is 24.3 Å². The van der Waals surface area contributed by atoms with Gasteiger partial charge in [-0.2, -0.15) is 0 Å². The fourth-order valence-corrected chi connectivity index (χ4v) is 2.83. The molecule has 2 rings (SSSR count). The molecule has 1 heterocycles. The van der Waals surface area contributed by atoms with Crippen molar-refractivity contribution in [1.82, 2.24) is 9.80 Å². The van der Waals surface area contributed by atoms with E-state index >= 15 is 0 Å². The minimum absolute atomic E-state index is 0.135. The number of hydrogen-bond donors (Lipinski definition) is 1. The van der Waals surface area contributed by atoms with Crippen LogP contribution in [0.25, 0.3) is 0 Å². The molecule has 1 unspecified atom stereocenters. The Morgan fingerprint density at radius 1 is 1.17 bits per heavy atom. The number of aliphatic hydroxyl groups excluding tert-OH is 1. The molecule has 24 heavy (non-hydrogen) atoms. The van der Waals surface area contributed by atoms with E-state index in [4.69, 9.17) is 4.74 Å². The van der Waals surface area contributed by atoms with Gasteiger partial charge in [-0.05, 0) is 26.3 Å². The highest BCUT2D eigenvalue weighted by molar-refractivity contribution is 5.78. The first-order chi connectivity index (χ1) is 11.4. The van der Waals surface area contributed by atoms with Crippen LogP contribution in [0.5, 0.6) is 0 Å². The van der Waals surface area contributed by atoms with Crippen LogP contribution in [0.4, 0.5) is 0 Å². The molecule has 1 fully saturated rings. The van der Waals surface area contributed by atoms with Crippen molar-refractivity contribution in [2.75, 3.05) is 39.3 Å². The van der Waals surface area contributed by atoms with Crippen LogP contribution in [0, 0.1) is 6.92 Å². The lowest BCUT2D eigenvalue weighted by molar-refractivity contribution is -0.132. The summed E-state index contributed by atoms with van der Waals surface area (Å²) in [6.45, 7) is 10.0. The molecule has 1 atom stereocenters. The number of amides is 1. The Labute approximate surface area is 145 Å². The molecule has 0 bridgehead atoms. The summed E-state index contributed by atoms with van der Waals surface area (Å²) >= 11 is 0. The molecule has 1 aliphatic heterocycles. The normalized spacial score (nSPS) is 17.3. The van der Waals surface area contributed by atoms with Gasteiger partial charge in [-0.15, -0.1) is 0 Å². The van der Waals surface area contributed by atoms with Crippen LogP contribution >= 0.6 is 0 Å². The lowest BCUT2D eigenvalue weighted by Crippen LogP contribution is -2.51. The summed E-state index contributed by atoms with van der Waals surface area (Å²) in [6.07, 6.45) is 0.128. The summed E-state index contributed by atoms with van der Waals surface area (Å²) in [5, 5.41) is 10.00. The molecule has 1 aromatic rings. The largest absolute Gasteiger partial charge is 0.389 e. The van der Waals surface area contributed by atoms with Gasteiger partial charge < -0.3 is 14.7 Å². The molecule has 5 nitrogen and oxygen atoms in total. The van der Waals surface area contributed by atoms with E-state index in [9.17, 15) is 9.90 Å². The minimum Gasteiger partial charge on any atom is -0.389 e. The van der Waals surface area contributed by atoms with Crippen LogP contribution in [-0.2, 0) is 16.0 Å². The van der Waals surface area contributed by atoms with E-state index in [1.807, 2.05) is 49.9 Å². The molecule has 0 aliphatic carbocycles. The Kier molecular flexibility index (Phi) is 7.21. The van der Waals surface area contributed by atoms with Gasteiger partial charge in [0.15, 0.2) is 0 Å². The number of carbonyl (C=O) groups is 1. The number of aryl methyl sites for hydroxylation is 1. The number of nitrogens with zero attached hydrogens (tertiary/aromatic N) is 2. The number of hydrogen-bond acceptors (Lipinski definition) is 4. The Hall–Kier alpha value is -1.43. The zero-order valence-electron chi connectivity index (χ0n) is 15.1. The molecule has 1 saturated heterocycles. The van der Waals surface area contributed by atoms with Gasteiger partial charge in [0.1, 0.15) is 0 Å². The van der Waals surface area contributed by atoms with E-state index in [-0.39, 0.29) is 12.0 Å². The lowest BCUT2D eigenvalue weighted by atomic mass is 10.1. The second-order valence-corrected chi connectivity index (χ2v) is 6.88. The van der Waals surface area contributed by atoms with Gasteiger partial charge in [-0.1, -0.05) is 29.8 Å². The standard InChI is InChI=1S/C19H30N2O3/c1-15(2)24-14-18(22)13-20-8-10-21(11-9-20)19(23)12-17-6-4-16(3)5-7-17/h4-7,15,18,22H,8-14H2,1-3H3. The SMILES string of the molecule is Cc1ccc(CC(=O)N2CCN(CC(O)COC(C)C)CC2)cc1. The summed E-state index contributed by atoms with van der Waals surface area (Å²) in [6, 6.07) is 8.13. The van der Waals surface area contributed by atoms with Gasteiger partial charge in [0.05, 0.1) is 25.2 Å². The van der Waals surface area contributed by atoms with E-state index in [0.717, 1.165) is 31.7 Å². The zero-order chi connectivity index (χ0) is 17.5. The van der Waals surface area contributed by atoms with E-state index in [1.165, 1.54) is 5.56 Å². The molecule has 1 amide bonds. The number of aliphatic hydroxyl groups is 1. The van der Waals surface area contributed by atoms with Crippen LogP contribution in [0.3, 0.4) is 0 Å². The molecule has 1 N–H and O–H groups in total. The van der Waals surface area contributed by atoms with E-state index in [1.54, 1.807) is 0 Å². The van der Waals surface area contributed by atoms with Crippen LogP contribution < -0.4 is 0 Å². The fourth-order valence-electron chi connectivity index (χ4n) is 2.83. The highest BCUT2D eigenvalue weighted by Crippen LogP contribution is 2.09. The third kappa shape index (κ3) is 6.23. The first kappa shape index (κ1) is 18.9. The Morgan fingerprint density at radius 2 is 1.79 bits per heavy atom. The second kappa shape index (κ2) is 9.16. The van der Waals surface area contributed by atoms with Crippen molar-refractivity contribution in [3.63, 3.8) is 0 Å². The quantitative estimate of drug-likeness (QED) is 0.820.